The molecule has 7 heteroatoms. The van der Waals surface area contributed by atoms with Crippen molar-refractivity contribution < 1.29 is 13.2 Å². The van der Waals surface area contributed by atoms with E-state index in [0.717, 1.165) is 12.8 Å². The first-order valence-electron chi connectivity index (χ1n) is 6.82. The number of carbonyl (C=O) groups excluding carboxylic acids is 1. The average molecular weight is 333 g/mol. The molecule has 0 aliphatic rings. The Bertz CT molecular complexity index is 558. The molecule has 1 unspecified atom stereocenters. The van der Waals surface area contributed by atoms with Gasteiger partial charge in [-0.15, -0.1) is 11.6 Å². The van der Waals surface area contributed by atoms with Gasteiger partial charge in [-0.05, 0) is 36.6 Å². The Balaban J connectivity index is 2.71. The number of carbonyl (C=O) groups is 1. The Morgan fingerprint density at radius 1 is 1.29 bits per heavy atom. The number of benzene rings is 1. The summed E-state index contributed by atoms with van der Waals surface area (Å²) in [6, 6.07) is 6.06. The first-order valence-corrected chi connectivity index (χ1v) is 8.84. The predicted molar refractivity (Wildman–Crippen MR) is 85.1 cm³/mol. The molecule has 0 aliphatic carbocycles. The zero-order chi connectivity index (χ0) is 15.9. The van der Waals surface area contributed by atoms with Gasteiger partial charge in [-0.25, -0.2) is 13.1 Å². The van der Waals surface area contributed by atoms with Crippen LogP contribution in [0.15, 0.2) is 29.2 Å². The first kappa shape index (κ1) is 17.9. The van der Waals surface area contributed by atoms with Crippen molar-refractivity contribution in [2.45, 2.75) is 31.6 Å². The van der Waals surface area contributed by atoms with Crippen molar-refractivity contribution in [2.24, 2.45) is 5.92 Å². The summed E-state index contributed by atoms with van der Waals surface area (Å²) in [6.07, 6.45) is 1.65. The quantitative estimate of drug-likeness (QED) is 0.718. The van der Waals surface area contributed by atoms with Crippen LogP contribution in [0.3, 0.4) is 0 Å². The average Bonchev–Trinajstić information content (AvgIpc) is 2.43. The van der Waals surface area contributed by atoms with E-state index in [9.17, 15) is 13.2 Å². The SMILES string of the molecule is CCC(CCCl)CNS(=O)(=O)c1ccc(NC(C)=O)cc1. The van der Waals surface area contributed by atoms with Gasteiger partial charge >= 0.3 is 0 Å². The molecule has 5 nitrogen and oxygen atoms in total. The molecule has 0 bridgehead atoms. The molecule has 118 valence electrons. The van der Waals surface area contributed by atoms with Gasteiger partial charge < -0.3 is 5.32 Å². The number of nitrogens with one attached hydrogen (secondary N) is 2. The largest absolute Gasteiger partial charge is 0.326 e. The third-order valence-electron chi connectivity index (χ3n) is 3.14. The van der Waals surface area contributed by atoms with Crippen molar-refractivity contribution in [2.75, 3.05) is 17.7 Å². The van der Waals surface area contributed by atoms with Crippen LogP contribution in [-0.4, -0.2) is 26.7 Å². The van der Waals surface area contributed by atoms with Crippen molar-refractivity contribution in [1.29, 1.82) is 0 Å². The van der Waals surface area contributed by atoms with E-state index in [0.29, 0.717) is 18.1 Å². The highest BCUT2D eigenvalue weighted by Gasteiger charge is 2.16. The zero-order valence-corrected chi connectivity index (χ0v) is 13.8. The van der Waals surface area contributed by atoms with Crippen LogP contribution in [0, 0.1) is 5.92 Å². The lowest BCUT2D eigenvalue weighted by atomic mass is 10.0. The topological polar surface area (TPSA) is 75.3 Å². The maximum absolute atomic E-state index is 12.2. The van der Waals surface area contributed by atoms with E-state index in [2.05, 4.69) is 10.0 Å². The second-order valence-electron chi connectivity index (χ2n) is 4.81. The summed E-state index contributed by atoms with van der Waals surface area (Å²) in [4.78, 5) is 11.1. The molecule has 0 spiro atoms. The maximum Gasteiger partial charge on any atom is 0.240 e. The van der Waals surface area contributed by atoms with E-state index < -0.39 is 10.0 Å². The standard InChI is InChI=1S/C14H21ClN2O3S/c1-3-12(8-9-15)10-16-21(19,20)14-6-4-13(5-7-14)17-11(2)18/h4-7,12,16H,3,8-10H2,1-2H3,(H,17,18). The van der Waals surface area contributed by atoms with Crippen LogP contribution in [-0.2, 0) is 14.8 Å². The van der Waals surface area contributed by atoms with Crippen molar-refractivity contribution in [3.8, 4) is 0 Å². The fourth-order valence-electron chi connectivity index (χ4n) is 1.84. The molecular weight excluding hydrogens is 312 g/mol. The minimum absolute atomic E-state index is 0.178. The molecule has 0 saturated heterocycles. The van der Waals surface area contributed by atoms with E-state index in [-0.39, 0.29) is 16.7 Å². The molecule has 1 aromatic carbocycles. The molecule has 0 aliphatic heterocycles. The maximum atomic E-state index is 12.2. The van der Waals surface area contributed by atoms with Crippen LogP contribution in [0.25, 0.3) is 0 Å². The Labute approximate surface area is 131 Å². The number of alkyl halides is 1. The van der Waals surface area contributed by atoms with Gasteiger partial charge in [0.25, 0.3) is 0 Å². The molecule has 1 amide bonds. The molecule has 1 aromatic rings. The number of hydrogen-bond donors (Lipinski definition) is 2. The lowest BCUT2D eigenvalue weighted by Gasteiger charge is -2.14. The third kappa shape index (κ3) is 6.03. The highest BCUT2D eigenvalue weighted by atomic mass is 35.5. The molecule has 1 rings (SSSR count). The van der Waals surface area contributed by atoms with E-state index in [1.54, 1.807) is 12.1 Å². The molecule has 0 radical (unpaired) electrons. The molecule has 21 heavy (non-hydrogen) atoms. The summed E-state index contributed by atoms with van der Waals surface area (Å²) >= 11 is 5.69. The summed E-state index contributed by atoms with van der Waals surface area (Å²) in [5.74, 6) is 0.553. The molecule has 2 N–H and O–H groups in total. The van der Waals surface area contributed by atoms with E-state index in [1.165, 1.54) is 19.1 Å². The molecule has 0 fully saturated rings. The number of halogens is 1. The summed E-state index contributed by atoms with van der Waals surface area (Å²) < 4.78 is 26.9. The second kappa shape index (κ2) is 8.36. The summed E-state index contributed by atoms with van der Waals surface area (Å²) in [7, 11) is -3.53. The van der Waals surface area contributed by atoms with Gasteiger partial charge in [0.15, 0.2) is 0 Å². The fraction of sp³-hybridized carbons (Fsp3) is 0.500. The summed E-state index contributed by atoms with van der Waals surface area (Å²) in [5.41, 5.74) is 0.565. The fourth-order valence-corrected chi connectivity index (χ4v) is 3.26. The number of anilines is 1. The highest BCUT2D eigenvalue weighted by Crippen LogP contribution is 2.15. The smallest absolute Gasteiger partial charge is 0.240 e. The molecule has 1 atom stereocenters. The minimum atomic E-state index is -3.53. The van der Waals surface area contributed by atoms with Crippen molar-refractivity contribution >= 4 is 33.2 Å². The van der Waals surface area contributed by atoms with Gasteiger partial charge in [0.1, 0.15) is 0 Å². The molecular formula is C14H21ClN2O3S. The van der Waals surface area contributed by atoms with Crippen LogP contribution >= 0.6 is 11.6 Å². The zero-order valence-electron chi connectivity index (χ0n) is 12.2. The Morgan fingerprint density at radius 2 is 1.90 bits per heavy atom. The molecule has 0 saturated carbocycles. The normalized spacial score (nSPS) is 12.9. The van der Waals surface area contributed by atoms with Crippen LogP contribution in [0.1, 0.15) is 26.7 Å². The van der Waals surface area contributed by atoms with Crippen LogP contribution in [0.4, 0.5) is 5.69 Å². The van der Waals surface area contributed by atoms with Crippen LogP contribution in [0.2, 0.25) is 0 Å². The molecule has 0 heterocycles. The third-order valence-corrected chi connectivity index (χ3v) is 4.80. The van der Waals surface area contributed by atoms with E-state index in [4.69, 9.17) is 11.6 Å². The van der Waals surface area contributed by atoms with Gasteiger partial charge in [-0.3, -0.25) is 4.79 Å². The van der Waals surface area contributed by atoms with Gasteiger partial charge in [0.2, 0.25) is 15.9 Å². The number of amides is 1. The Hall–Kier alpha value is -1.11. The number of sulfonamides is 1. The van der Waals surface area contributed by atoms with Gasteiger partial charge in [-0.2, -0.15) is 0 Å². The summed E-state index contributed by atoms with van der Waals surface area (Å²) in [6.45, 7) is 3.78. The molecule has 0 aromatic heterocycles. The predicted octanol–water partition coefficient (Wildman–Crippen LogP) is 2.58. The lowest BCUT2D eigenvalue weighted by Crippen LogP contribution is -2.29. The van der Waals surface area contributed by atoms with Gasteiger partial charge in [0.05, 0.1) is 4.90 Å². The van der Waals surface area contributed by atoms with Crippen LogP contribution in [0.5, 0.6) is 0 Å². The van der Waals surface area contributed by atoms with Crippen molar-refractivity contribution in [1.82, 2.24) is 4.72 Å². The van der Waals surface area contributed by atoms with Gasteiger partial charge in [0, 0.05) is 25.0 Å². The van der Waals surface area contributed by atoms with Gasteiger partial charge in [-0.1, -0.05) is 13.3 Å². The number of hydrogen-bond acceptors (Lipinski definition) is 3. The van der Waals surface area contributed by atoms with E-state index in [1.807, 2.05) is 6.92 Å². The second-order valence-corrected chi connectivity index (χ2v) is 6.95. The summed E-state index contributed by atoms with van der Waals surface area (Å²) in [5, 5.41) is 2.59. The van der Waals surface area contributed by atoms with Crippen molar-refractivity contribution in [3.05, 3.63) is 24.3 Å². The highest BCUT2D eigenvalue weighted by molar-refractivity contribution is 7.89. The van der Waals surface area contributed by atoms with Crippen molar-refractivity contribution in [3.63, 3.8) is 0 Å². The Morgan fingerprint density at radius 3 is 2.38 bits per heavy atom. The number of rotatable bonds is 8. The lowest BCUT2D eigenvalue weighted by molar-refractivity contribution is -0.114. The Kier molecular flexibility index (Phi) is 7.14. The first-order chi connectivity index (χ1) is 9.89. The minimum Gasteiger partial charge on any atom is -0.326 e. The monoisotopic (exact) mass is 332 g/mol. The van der Waals surface area contributed by atoms with Crippen LogP contribution < -0.4 is 10.0 Å². The van der Waals surface area contributed by atoms with E-state index >= 15 is 0 Å².